The number of halogens is 1. The van der Waals surface area contributed by atoms with Gasteiger partial charge in [0.05, 0.1) is 6.54 Å². The maximum Gasteiger partial charge on any atom is 0.319 e. The minimum atomic E-state index is -0.632. The molecule has 3 atom stereocenters. The number of para-hydroxylation sites is 1. The number of urea groups is 1. The van der Waals surface area contributed by atoms with Gasteiger partial charge in [-0.1, -0.05) is 60.5 Å². The summed E-state index contributed by atoms with van der Waals surface area (Å²) >= 11 is 3.43. The number of nitrogens with zero attached hydrogens (tertiary/aromatic N) is 3. The van der Waals surface area contributed by atoms with Crippen LogP contribution in [0.4, 0.5) is 4.79 Å². The Morgan fingerprint density at radius 2 is 1.95 bits per heavy atom. The molecule has 3 heterocycles. The van der Waals surface area contributed by atoms with Crippen molar-refractivity contribution in [3.63, 3.8) is 0 Å². The van der Waals surface area contributed by atoms with Crippen molar-refractivity contribution in [3.8, 4) is 11.5 Å². The third-order valence-electron chi connectivity index (χ3n) is 7.42. The standard InChI is InChI=1S/C27H31BrN4O5/c1-3-17(2)24-26(34)30(14-19-5-4-6-21-25(19)37-16-36-21)15-22-31(12-11-23(33)32(22)24)27(35)29-13-18-7-9-20(28)10-8-18/h4-10,17,22,24H,3,11-16H2,1-2H3,(H,29,35)/t17-,22+,24-/m0/s1. The predicted octanol–water partition coefficient (Wildman–Crippen LogP) is 3.70. The van der Waals surface area contributed by atoms with Crippen LogP contribution in [-0.4, -0.2) is 64.6 Å². The molecule has 2 aromatic rings. The second-order valence-electron chi connectivity index (χ2n) is 9.71. The van der Waals surface area contributed by atoms with Gasteiger partial charge in [0.15, 0.2) is 11.5 Å². The van der Waals surface area contributed by atoms with Crippen molar-refractivity contribution in [2.75, 3.05) is 19.9 Å². The molecule has 4 amide bonds. The number of carbonyl (C=O) groups excluding carboxylic acids is 3. The van der Waals surface area contributed by atoms with Crippen LogP contribution < -0.4 is 14.8 Å². The molecular weight excluding hydrogens is 540 g/mol. The average Bonchev–Trinajstić information content (AvgIpc) is 3.39. The van der Waals surface area contributed by atoms with E-state index in [1.807, 2.05) is 56.3 Å². The Balaban J connectivity index is 1.40. The van der Waals surface area contributed by atoms with Gasteiger partial charge in [-0.25, -0.2) is 4.79 Å². The molecule has 196 valence electrons. The molecule has 0 spiro atoms. The van der Waals surface area contributed by atoms with E-state index in [1.165, 1.54) is 0 Å². The van der Waals surface area contributed by atoms with Crippen molar-refractivity contribution in [1.29, 1.82) is 0 Å². The monoisotopic (exact) mass is 570 g/mol. The van der Waals surface area contributed by atoms with E-state index in [9.17, 15) is 14.4 Å². The lowest BCUT2D eigenvalue weighted by atomic mass is 9.91. The van der Waals surface area contributed by atoms with Crippen molar-refractivity contribution >= 4 is 33.8 Å². The molecule has 1 N–H and O–H groups in total. The number of hydrogen-bond acceptors (Lipinski definition) is 5. The summed E-state index contributed by atoms with van der Waals surface area (Å²) in [4.78, 5) is 45.4. The van der Waals surface area contributed by atoms with Gasteiger partial charge in [0, 0.05) is 36.1 Å². The van der Waals surface area contributed by atoms with Crippen LogP contribution in [0.15, 0.2) is 46.9 Å². The largest absolute Gasteiger partial charge is 0.454 e. The zero-order valence-corrected chi connectivity index (χ0v) is 22.6. The highest BCUT2D eigenvalue weighted by Gasteiger charge is 2.50. The number of amides is 4. The third-order valence-corrected chi connectivity index (χ3v) is 7.95. The summed E-state index contributed by atoms with van der Waals surface area (Å²) < 4.78 is 12.1. The van der Waals surface area contributed by atoms with Crippen LogP contribution in [0.5, 0.6) is 11.5 Å². The minimum Gasteiger partial charge on any atom is -0.454 e. The summed E-state index contributed by atoms with van der Waals surface area (Å²) in [6.45, 7) is 5.36. The summed E-state index contributed by atoms with van der Waals surface area (Å²) in [7, 11) is 0. The number of piperazine rings is 1. The third kappa shape index (κ3) is 4.99. The molecule has 2 saturated heterocycles. The lowest BCUT2D eigenvalue weighted by Gasteiger charge is -2.53. The highest BCUT2D eigenvalue weighted by atomic mass is 79.9. The fraction of sp³-hybridized carbons (Fsp3) is 0.444. The molecule has 0 bridgehead atoms. The van der Waals surface area contributed by atoms with E-state index in [-0.39, 0.29) is 43.5 Å². The van der Waals surface area contributed by atoms with E-state index in [4.69, 9.17) is 9.47 Å². The fourth-order valence-corrected chi connectivity index (χ4v) is 5.52. The van der Waals surface area contributed by atoms with Crippen molar-refractivity contribution in [2.45, 2.75) is 52.0 Å². The number of hydrogen-bond donors (Lipinski definition) is 1. The van der Waals surface area contributed by atoms with Gasteiger partial charge >= 0.3 is 6.03 Å². The second-order valence-corrected chi connectivity index (χ2v) is 10.6. The van der Waals surface area contributed by atoms with Crippen molar-refractivity contribution in [3.05, 3.63) is 58.1 Å². The zero-order chi connectivity index (χ0) is 26.1. The number of benzene rings is 2. The Morgan fingerprint density at radius 3 is 2.70 bits per heavy atom. The van der Waals surface area contributed by atoms with Crippen LogP contribution >= 0.6 is 15.9 Å². The summed E-state index contributed by atoms with van der Waals surface area (Å²) in [5.74, 6) is 1.05. The van der Waals surface area contributed by atoms with Crippen LogP contribution in [0.2, 0.25) is 0 Å². The Morgan fingerprint density at radius 1 is 1.16 bits per heavy atom. The molecule has 0 saturated carbocycles. The van der Waals surface area contributed by atoms with E-state index in [0.29, 0.717) is 31.1 Å². The van der Waals surface area contributed by atoms with E-state index in [0.717, 1.165) is 22.0 Å². The van der Waals surface area contributed by atoms with E-state index in [1.54, 1.807) is 14.7 Å². The normalized spacial score (nSPS) is 21.6. The van der Waals surface area contributed by atoms with E-state index >= 15 is 0 Å². The summed E-state index contributed by atoms with van der Waals surface area (Å²) in [5.41, 5.74) is 1.81. The first-order chi connectivity index (χ1) is 17.9. The minimum absolute atomic E-state index is 0.0615. The smallest absolute Gasteiger partial charge is 0.319 e. The molecule has 0 unspecified atom stereocenters. The van der Waals surface area contributed by atoms with Crippen LogP contribution in [-0.2, 0) is 22.7 Å². The zero-order valence-electron chi connectivity index (χ0n) is 21.0. The maximum absolute atomic E-state index is 13.8. The first kappa shape index (κ1) is 25.4. The van der Waals surface area contributed by atoms with Gasteiger partial charge in [-0.2, -0.15) is 0 Å². The summed E-state index contributed by atoms with van der Waals surface area (Å²) in [5, 5.41) is 3.00. The number of ether oxygens (including phenoxy) is 2. The highest BCUT2D eigenvalue weighted by molar-refractivity contribution is 9.10. The Hall–Kier alpha value is -3.27. The molecule has 5 rings (SSSR count). The first-order valence-electron chi connectivity index (χ1n) is 12.6. The molecule has 10 heteroatoms. The van der Waals surface area contributed by atoms with Crippen molar-refractivity contribution < 1.29 is 23.9 Å². The summed E-state index contributed by atoms with van der Waals surface area (Å²) in [6, 6.07) is 12.5. The van der Waals surface area contributed by atoms with E-state index < -0.39 is 12.2 Å². The molecular formula is C27H31BrN4O5. The lowest BCUT2D eigenvalue weighted by molar-refractivity contribution is -0.170. The molecule has 2 aromatic carbocycles. The SMILES string of the molecule is CC[C@H](C)[C@H]1C(=O)N(Cc2cccc3c2OCO3)C[C@@H]2N(C(=O)NCc3ccc(Br)cc3)CCC(=O)N12. The molecule has 0 aromatic heterocycles. The average molecular weight is 571 g/mol. The van der Waals surface area contributed by atoms with Gasteiger partial charge in [0.1, 0.15) is 12.2 Å². The van der Waals surface area contributed by atoms with Crippen LogP contribution in [0.1, 0.15) is 37.8 Å². The number of carbonyl (C=O) groups is 3. The lowest BCUT2D eigenvalue weighted by Crippen LogP contribution is -2.72. The maximum atomic E-state index is 13.8. The van der Waals surface area contributed by atoms with Gasteiger partial charge < -0.3 is 29.5 Å². The number of fused-ring (bicyclic) bond motifs is 2. The highest BCUT2D eigenvalue weighted by Crippen LogP contribution is 2.37. The topological polar surface area (TPSA) is 91.4 Å². The number of nitrogens with one attached hydrogen (secondary N) is 1. The molecule has 9 nitrogen and oxygen atoms in total. The van der Waals surface area contributed by atoms with Gasteiger partial charge in [0.25, 0.3) is 0 Å². The molecule has 37 heavy (non-hydrogen) atoms. The Labute approximate surface area is 224 Å². The van der Waals surface area contributed by atoms with E-state index in [2.05, 4.69) is 21.2 Å². The van der Waals surface area contributed by atoms with Crippen LogP contribution in [0.25, 0.3) is 0 Å². The second kappa shape index (κ2) is 10.6. The van der Waals surface area contributed by atoms with Gasteiger partial charge in [-0.3, -0.25) is 9.59 Å². The number of rotatable bonds is 6. The molecule has 0 radical (unpaired) electrons. The quantitative estimate of drug-likeness (QED) is 0.571. The van der Waals surface area contributed by atoms with Crippen molar-refractivity contribution in [1.82, 2.24) is 20.0 Å². The van der Waals surface area contributed by atoms with Gasteiger partial charge in [-0.15, -0.1) is 0 Å². The van der Waals surface area contributed by atoms with Gasteiger partial charge in [-0.05, 0) is 29.7 Å². The molecule has 0 aliphatic carbocycles. The molecule has 2 fully saturated rings. The van der Waals surface area contributed by atoms with Crippen LogP contribution in [0.3, 0.4) is 0 Å². The van der Waals surface area contributed by atoms with Crippen molar-refractivity contribution in [2.24, 2.45) is 5.92 Å². The first-order valence-corrected chi connectivity index (χ1v) is 13.4. The van der Waals surface area contributed by atoms with Gasteiger partial charge in [0.2, 0.25) is 18.6 Å². The Bertz CT molecular complexity index is 1190. The molecule has 3 aliphatic heterocycles. The predicted molar refractivity (Wildman–Crippen MR) is 140 cm³/mol. The molecule has 3 aliphatic rings. The summed E-state index contributed by atoms with van der Waals surface area (Å²) in [6.07, 6.45) is 0.380. The fourth-order valence-electron chi connectivity index (χ4n) is 5.25. The van der Waals surface area contributed by atoms with Crippen LogP contribution in [0, 0.1) is 5.92 Å². The Kier molecular flexibility index (Phi) is 7.28.